The number of fused-ring (bicyclic) bond motifs is 2. The van der Waals surface area contributed by atoms with E-state index in [1.54, 1.807) is 36.0 Å². The van der Waals surface area contributed by atoms with Crippen LogP contribution in [0.4, 0.5) is 46.3 Å². The Balaban J connectivity index is 0.000000189. The molecule has 3 saturated heterocycles. The van der Waals surface area contributed by atoms with Crippen molar-refractivity contribution in [3.05, 3.63) is 82.1 Å². The summed E-state index contributed by atoms with van der Waals surface area (Å²) >= 11 is 6.25. The molecule has 0 bridgehead atoms. The summed E-state index contributed by atoms with van der Waals surface area (Å²) in [6.45, 7) is 15.3. The molecule has 10 nitrogen and oxygen atoms in total. The Hall–Kier alpha value is -5.08. The number of pyridine rings is 3. The molecule has 0 spiro atoms. The highest BCUT2D eigenvalue weighted by Crippen LogP contribution is 2.42. The average molecular weight is 792 g/mol. The number of halogens is 5. The number of ether oxygens (including phenoxy) is 1. The van der Waals surface area contributed by atoms with Crippen molar-refractivity contribution in [2.45, 2.75) is 54.4 Å². The van der Waals surface area contributed by atoms with Crippen molar-refractivity contribution in [2.24, 2.45) is 10.8 Å². The van der Waals surface area contributed by atoms with Crippen LogP contribution in [0.5, 0.6) is 0 Å². The number of benzene rings is 2. The first kappa shape index (κ1) is 39.2. The van der Waals surface area contributed by atoms with Crippen LogP contribution in [0, 0.1) is 47.9 Å². The molecule has 0 atom stereocenters. The number of aromatic nitrogens is 3. The van der Waals surface area contributed by atoms with E-state index in [0.29, 0.717) is 73.3 Å². The third-order valence-corrected chi connectivity index (χ3v) is 10.8. The SMILES string of the molecule is Cc1c(N2CC(C)(C)CC2=O)nc2cc(F)cc(F)c2c1Cl.Cc1c(N2CC(C)(C)CC2=O)nc2cc(F)cc(F)c2c1Nc1cncc(N2CCOCC2)c1. The first-order chi connectivity index (χ1) is 26.4. The quantitative estimate of drug-likeness (QED) is 0.176. The van der Waals surface area contributed by atoms with Gasteiger partial charge in [0.2, 0.25) is 11.8 Å². The maximum absolute atomic E-state index is 15.0. The van der Waals surface area contributed by atoms with Crippen molar-refractivity contribution < 1.29 is 31.9 Å². The van der Waals surface area contributed by atoms with Gasteiger partial charge in [0.15, 0.2) is 0 Å². The Morgan fingerprint density at radius 1 is 0.732 bits per heavy atom. The lowest BCUT2D eigenvalue weighted by Crippen LogP contribution is -2.36. The molecule has 0 radical (unpaired) electrons. The number of carbonyl (C=O) groups is 2. The standard InChI is InChI=1S/C25H27F2N5O2.C16H15ClF2N2O/c1-15-23(29-17-10-18(13-28-12-17)31-4-6-34-7-5-31)22-19(27)8-16(26)9-20(22)30-24(15)32-14-25(2,3)11-21(32)33;1-8-14(17)13-10(19)4-9(18)5-11(13)20-15(8)21-7-16(2,3)6-12(21)22/h8-10,12-13H,4-7,11,14H2,1-3H3,(H,29,30);4-5H,6-7H2,1-3H3. The predicted molar refractivity (Wildman–Crippen MR) is 210 cm³/mol. The zero-order valence-corrected chi connectivity index (χ0v) is 32.8. The monoisotopic (exact) mass is 791 g/mol. The molecule has 1 N–H and O–H groups in total. The van der Waals surface area contributed by atoms with Crippen LogP contribution >= 0.6 is 11.6 Å². The summed E-state index contributed by atoms with van der Waals surface area (Å²) in [5.41, 5.74) is 3.03. The largest absolute Gasteiger partial charge is 0.378 e. The van der Waals surface area contributed by atoms with Gasteiger partial charge in [0, 0.05) is 74.4 Å². The van der Waals surface area contributed by atoms with Crippen molar-refractivity contribution in [3.8, 4) is 0 Å². The fourth-order valence-electron chi connectivity index (χ4n) is 7.60. The van der Waals surface area contributed by atoms with Gasteiger partial charge in [0.25, 0.3) is 0 Å². The molecular weight excluding hydrogens is 750 g/mol. The third-order valence-electron chi connectivity index (χ3n) is 10.3. The first-order valence-corrected chi connectivity index (χ1v) is 18.7. The highest BCUT2D eigenvalue weighted by atomic mass is 35.5. The van der Waals surface area contributed by atoms with Crippen LogP contribution < -0.4 is 20.0 Å². The maximum Gasteiger partial charge on any atom is 0.228 e. The van der Waals surface area contributed by atoms with Gasteiger partial charge in [-0.1, -0.05) is 39.3 Å². The van der Waals surface area contributed by atoms with E-state index in [1.807, 2.05) is 33.8 Å². The molecule has 8 rings (SSSR count). The summed E-state index contributed by atoms with van der Waals surface area (Å²) in [5.74, 6) is -2.25. The zero-order valence-electron chi connectivity index (χ0n) is 32.0. The maximum atomic E-state index is 15.0. The Morgan fingerprint density at radius 3 is 1.79 bits per heavy atom. The number of morpholine rings is 1. The lowest BCUT2D eigenvalue weighted by Gasteiger charge is -2.29. The van der Waals surface area contributed by atoms with Gasteiger partial charge in [-0.25, -0.2) is 27.5 Å². The molecule has 5 aromatic rings. The number of rotatable bonds is 5. The molecule has 294 valence electrons. The van der Waals surface area contributed by atoms with Gasteiger partial charge in [-0.3, -0.25) is 24.4 Å². The second kappa shape index (κ2) is 14.8. The third kappa shape index (κ3) is 7.68. The van der Waals surface area contributed by atoms with Gasteiger partial charge < -0.3 is 15.0 Å². The van der Waals surface area contributed by atoms with E-state index in [2.05, 4.69) is 25.2 Å². The van der Waals surface area contributed by atoms with Crippen LogP contribution in [-0.4, -0.2) is 66.2 Å². The lowest BCUT2D eigenvalue weighted by atomic mass is 9.93. The summed E-state index contributed by atoms with van der Waals surface area (Å²) < 4.78 is 62.0. The van der Waals surface area contributed by atoms with E-state index in [9.17, 15) is 22.8 Å². The van der Waals surface area contributed by atoms with Crippen molar-refractivity contribution in [2.75, 3.05) is 59.4 Å². The summed E-state index contributed by atoms with van der Waals surface area (Å²) in [5, 5.41) is 3.71. The predicted octanol–water partition coefficient (Wildman–Crippen LogP) is 8.80. The number of hydrogen-bond donors (Lipinski definition) is 1. The fraction of sp³-hybridized carbons (Fsp3) is 0.390. The molecule has 15 heteroatoms. The molecule has 56 heavy (non-hydrogen) atoms. The number of amides is 2. The van der Waals surface area contributed by atoms with E-state index in [0.717, 1.165) is 37.0 Å². The van der Waals surface area contributed by atoms with Crippen LogP contribution in [-0.2, 0) is 14.3 Å². The minimum absolute atomic E-state index is 0.0567. The van der Waals surface area contributed by atoms with Gasteiger partial charge in [0.05, 0.1) is 69.5 Å². The highest BCUT2D eigenvalue weighted by molar-refractivity contribution is 6.36. The fourth-order valence-corrected chi connectivity index (χ4v) is 7.87. The molecule has 6 heterocycles. The van der Waals surface area contributed by atoms with Crippen molar-refractivity contribution in [3.63, 3.8) is 0 Å². The van der Waals surface area contributed by atoms with E-state index < -0.39 is 23.3 Å². The van der Waals surface area contributed by atoms with E-state index >= 15 is 4.39 Å². The minimum atomic E-state index is -0.754. The van der Waals surface area contributed by atoms with Crippen LogP contribution in [0.15, 0.2) is 42.7 Å². The smallest absolute Gasteiger partial charge is 0.228 e. The number of nitrogens with one attached hydrogen (secondary N) is 1. The highest BCUT2D eigenvalue weighted by Gasteiger charge is 2.39. The van der Waals surface area contributed by atoms with Crippen LogP contribution in [0.3, 0.4) is 0 Å². The molecule has 3 fully saturated rings. The molecule has 3 aliphatic heterocycles. The topological polar surface area (TPSA) is 104 Å². The lowest BCUT2D eigenvalue weighted by molar-refractivity contribution is -0.118. The van der Waals surface area contributed by atoms with Crippen LogP contribution in [0.2, 0.25) is 5.02 Å². The van der Waals surface area contributed by atoms with Gasteiger partial charge in [-0.05, 0) is 30.7 Å². The molecule has 0 unspecified atom stereocenters. The Bertz CT molecular complexity index is 2400. The van der Waals surface area contributed by atoms with E-state index in [-0.39, 0.29) is 49.5 Å². The van der Waals surface area contributed by atoms with Gasteiger partial charge in [0.1, 0.15) is 34.9 Å². The number of carbonyl (C=O) groups excluding carboxylic acids is 2. The molecule has 3 aliphatic rings. The Kier molecular flexibility index (Phi) is 10.3. The van der Waals surface area contributed by atoms with Crippen molar-refractivity contribution >= 4 is 73.9 Å². The van der Waals surface area contributed by atoms with Gasteiger partial charge in [-0.2, -0.15) is 0 Å². The van der Waals surface area contributed by atoms with Gasteiger partial charge >= 0.3 is 0 Å². The summed E-state index contributed by atoms with van der Waals surface area (Å²) in [6, 6.07) is 5.88. The van der Waals surface area contributed by atoms with Crippen LogP contribution in [0.25, 0.3) is 21.8 Å². The average Bonchev–Trinajstić information content (AvgIpc) is 3.57. The number of nitrogens with zero attached hydrogens (tertiary/aromatic N) is 6. The number of anilines is 5. The molecular formula is C41H42ClF4N7O3. The second-order valence-electron chi connectivity index (χ2n) is 16.2. The van der Waals surface area contributed by atoms with Gasteiger partial charge in [-0.15, -0.1) is 0 Å². The van der Waals surface area contributed by atoms with E-state index in [1.165, 1.54) is 6.07 Å². The molecule has 0 saturated carbocycles. The summed E-state index contributed by atoms with van der Waals surface area (Å²) in [6.07, 6.45) is 4.22. The second-order valence-corrected chi connectivity index (χ2v) is 16.5. The normalized spacial score (nSPS) is 17.9. The van der Waals surface area contributed by atoms with E-state index in [4.69, 9.17) is 16.3 Å². The Labute approximate surface area is 326 Å². The summed E-state index contributed by atoms with van der Waals surface area (Å²) in [4.78, 5) is 43.5. The molecule has 2 aromatic carbocycles. The number of hydrogen-bond acceptors (Lipinski definition) is 8. The van der Waals surface area contributed by atoms with Crippen molar-refractivity contribution in [1.82, 2.24) is 15.0 Å². The molecule has 3 aromatic heterocycles. The van der Waals surface area contributed by atoms with Crippen LogP contribution in [0.1, 0.15) is 51.7 Å². The zero-order chi connectivity index (χ0) is 40.3. The minimum Gasteiger partial charge on any atom is -0.378 e. The van der Waals surface area contributed by atoms with Crippen molar-refractivity contribution in [1.29, 1.82) is 0 Å². The molecule has 0 aliphatic carbocycles. The Morgan fingerprint density at radius 2 is 1.25 bits per heavy atom. The summed E-state index contributed by atoms with van der Waals surface area (Å²) in [7, 11) is 0. The molecule has 2 amide bonds. The first-order valence-electron chi connectivity index (χ1n) is 18.3.